The van der Waals surface area contributed by atoms with Gasteiger partial charge in [-0.3, -0.25) is 14.9 Å². The average Bonchev–Trinajstić information content (AvgIpc) is 2.16. The molecule has 1 rings (SSSR count). The Morgan fingerprint density at radius 1 is 1.53 bits per heavy atom. The van der Waals surface area contributed by atoms with Crippen LogP contribution in [0.3, 0.4) is 0 Å². The van der Waals surface area contributed by atoms with Gasteiger partial charge in [0.25, 0.3) is 5.69 Å². The third-order valence-corrected chi connectivity index (χ3v) is 1.67. The maximum atomic E-state index is 10.5. The van der Waals surface area contributed by atoms with Crippen molar-refractivity contribution in [2.45, 2.75) is 6.42 Å². The molecule has 0 saturated carbocycles. The molecule has 15 heavy (non-hydrogen) atoms. The highest BCUT2D eigenvalue weighted by atomic mass is 16.6. The summed E-state index contributed by atoms with van der Waals surface area (Å²) < 4.78 is 0. The lowest BCUT2D eigenvalue weighted by atomic mass is 10.1. The number of carbonyl (C=O) groups is 1. The second-order valence-corrected chi connectivity index (χ2v) is 2.83. The van der Waals surface area contributed by atoms with E-state index in [2.05, 4.69) is 0 Å². The fraction of sp³-hybridized carbons (Fsp3) is 0.111. The summed E-state index contributed by atoms with van der Waals surface area (Å²) in [4.78, 5) is 20.2. The van der Waals surface area contributed by atoms with Crippen LogP contribution in [0.1, 0.15) is 11.1 Å². The third-order valence-electron chi connectivity index (χ3n) is 1.67. The van der Waals surface area contributed by atoms with Gasteiger partial charge >= 0.3 is 5.97 Å². The Kier molecular flexibility index (Phi) is 2.98. The van der Waals surface area contributed by atoms with Gasteiger partial charge in [0.1, 0.15) is 0 Å². The van der Waals surface area contributed by atoms with E-state index in [1.54, 1.807) is 6.07 Å². The van der Waals surface area contributed by atoms with Gasteiger partial charge in [0.15, 0.2) is 0 Å². The van der Waals surface area contributed by atoms with Gasteiger partial charge in [-0.1, -0.05) is 0 Å². The van der Waals surface area contributed by atoms with Crippen LogP contribution in [0, 0.1) is 21.4 Å². The number of nitrogens with zero attached hydrogens (tertiary/aromatic N) is 2. The van der Waals surface area contributed by atoms with Gasteiger partial charge < -0.3 is 5.11 Å². The van der Waals surface area contributed by atoms with Crippen molar-refractivity contribution < 1.29 is 14.8 Å². The first-order chi connectivity index (χ1) is 7.02. The predicted octanol–water partition coefficient (Wildman–Crippen LogP) is 1.09. The second-order valence-electron chi connectivity index (χ2n) is 2.83. The van der Waals surface area contributed by atoms with Gasteiger partial charge in [-0.2, -0.15) is 5.26 Å². The molecule has 0 aliphatic heterocycles. The van der Waals surface area contributed by atoms with Gasteiger partial charge in [-0.15, -0.1) is 0 Å². The lowest BCUT2D eigenvalue weighted by Crippen LogP contribution is -2.01. The second kappa shape index (κ2) is 4.19. The molecule has 0 spiro atoms. The van der Waals surface area contributed by atoms with Gasteiger partial charge in [0.05, 0.1) is 23.0 Å². The molecule has 0 atom stereocenters. The zero-order valence-corrected chi connectivity index (χ0v) is 7.51. The Morgan fingerprint density at radius 2 is 2.20 bits per heavy atom. The predicted molar refractivity (Wildman–Crippen MR) is 49.2 cm³/mol. The molecule has 0 aliphatic rings. The highest BCUT2D eigenvalue weighted by molar-refractivity contribution is 5.70. The maximum Gasteiger partial charge on any atom is 0.307 e. The molecule has 0 bridgehead atoms. The summed E-state index contributed by atoms with van der Waals surface area (Å²) in [5.41, 5.74) is 0.0546. The minimum absolute atomic E-state index is 0.0838. The largest absolute Gasteiger partial charge is 0.481 e. The minimum Gasteiger partial charge on any atom is -0.481 e. The van der Waals surface area contributed by atoms with Crippen LogP contribution in [-0.4, -0.2) is 16.0 Å². The number of nitro benzene ring substituents is 1. The van der Waals surface area contributed by atoms with E-state index in [1.807, 2.05) is 0 Å². The SMILES string of the molecule is N#Cc1cc(CC(=O)O)cc([N+](=O)[O-])c1. The van der Waals surface area contributed by atoms with E-state index < -0.39 is 10.9 Å². The van der Waals surface area contributed by atoms with Gasteiger partial charge in [-0.25, -0.2) is 0 Å². The number of aliphatic carboxylic acids is 1. The summed E-state index contributed by atoms with van der Waals surface area (Å²) in [6.45, 7) is 0. The van der Waals surface area contributed by atoms with Crippen molar-refractivity contribution in [2.75, 3.05) is 0 Å². The van der Waals surface area contributed by atoms with E-state index in [0.29, 0.717) is 0 Å². The van der Waals surface area contributed by atoms with Crippen LogP contribution in [0.15, 0.2) is 18.2 Å². The molecule has 76 valence electrons. The van der Waals surface area contributed by atoms with Gasteiger partial charge in [-0.05, 0) is 11.6 Å². The molecular formula is C9H6N2O4. The summed E-state index contributed by atoms with van der Waals surface area (Å²) in [6.07, 6.45) is -0.337. The minimum atomic E-state index is -1.10. The van der Waals surface area contributed by atoms with Gasteiger partial charge in [0.2, 0.25) is 0 Å². The van der Waals surface area contributed by atoms with Crippen LogP contribution in [0.25, 0.3) is 0 Å². The van der Waals surface area contributed by atoms with Crippen LogP contribution in [-0.2, 0) is 11.2 Å². The Bertz CT molecular complexity index is 462. The Labute approximate surface area is 84.5 Å². The standard InChI is InChI=1S/C9H6N2O4/c10-5-7-1-6(4-9(12)13)2-8(3-7)11(14)15/h1-3H,4H2,(H,12,13). The molecule has 0 radical (unpaired) electrons. The number of benzene rings is 1. The highest BCUT2D eigenvalue weighted by Gasteiger charge is 2.11. The Morgan fingerprint density at radius 3 is 2.67 bits per heavy atom. The molecule has 0 saturated heterocycles. The summed E-state index contributed by atoms with van der Waals surface area (Å²) in [5, 5.41) is 27.5. The fourth-order valence-electron chi connectivity index (χ4n) is 1.12. The molecule has 0 amide bonds. The number of nitriles is 1. The molecule has 1 N–H and O–H groups in total. The van der Waals surface area contributed by atoms with Crippen molar-refractivity contribution in [3.8, 4) is 6.07 Å². The van der Waals surface area contributed by atoms with E-state index in [1.165, 1.54) is 6.07 Å². The van der Waals surface area contributed by atoms with Crippen LogP contribution in [0.2, 0.25) is 0 Å². The molecule has 0 fully saturated rings. The van der Waals surface area contributed by atoms with Gasteiger partial charge in [0, 0.05) is 12.1 Å². The average molecular weight is 206 g/mol. The van der Waals surface area contributed by atoms with Crippen molar-refractivity contribution in [2.24, 2.45) is 0 Å². The number of rotatable bonds is 3. The first kappa shape index (κ1) is 10.7. The molecule has 1 aromatic carbocycles. The van der Waals surface area contributed by atoms with E-state index >= 15 is 0 Å². The number of nitro groups is 1. The number of hydrogen-bond acceptors (Lipinski definition) is 4. The lowest BCUT2D eigenvalue weighted by Gasteiger charge is -1.98. The van der Waals surface area contributed by atoms with E-state index in [9.17, 15) is 14.9 Å². The molecule has 1 aromatic rings. The zero-order chi connectivity index (χ0) is 11.4. The number of hydrogen-bond donors (Lipinski definition) is 1. The van der Waals surface area contributed by atoms with Crippen LogP contribution in [0.4, 0.5) is 5.69 Å². The summed E-state index contributed by atoms with van der Waals surface area (Å²) in [5.74, 6) is -1.10. The first-order valence-corrected chi connectivity index (χ1v) is 3.93. The highest BCUT2D eigenvalue weighted by Crippen LogP contribution is 2.17. The van der Waals surface area contributed by atoms with Crippen molar-refractivity contribution in [3.63, 3.8) is 0 Å². The molecule has 0 aromatic heterocycles. The van der Waals surface area contributed by atoms with Crippen LogP contribution in [0.5, 0.6) is 0 Å². The molecule has 0 heterocycles. The normalized spacial score (nSPS) is 9.27. The van der Waals surface area contributed by atoms with Crippen molar-refractivity contribution >= 4 is 11.7 Å². The van der Waals surface area contributed by atoms with E-state index in [-0.39, 0.29) is 23.2 Å². The Balaban J connectivity index is 3.18. The topological polar surface area (TPSA) is 104 Å². The fourth-order valence-corrected chi connectivity index (χ4v) is 1.12. The smallest absolute Gasteiger partial charge is 0.307 e. The first-order valence-electron chi connectivity index (χ1n) is 3.93. The Hall–Kier alpha value is -2.42. The molecule has 6 heteroatoms. The molecule has 6 nitrogen and oxygen atoms in total. The molecular weight excluding hydrogens is 200 g/mol. The van der Waals surface area contributed by atoms with E-state index in [4.69, 9.17) is 10.4 Å². The molecule has 0 unspecified atom stereocenters. The number of non-ortho nitro benzene ring substituents is 1. The van der Waals surface area contributed by atoms with Crippen molar-refractivity contribution in [1.29, 1.82) is 5.26 Å². The summed E-state index contributed by atoms with van der Waals surface area (Å²) in [6, 6.07) is 5.31. The number of carboxylic acids is 1. The lowest BCUT2D eigenvalue weighted by molar-refractivity contribution is -0.384. The molecule has 0 aliphatic carbocycles. The number of carboxylic acid groups (broad SMARTS) is 1. The van der Waals surface area contributed by atoms with E-state index in [0.717, 1.165) is 12.1 Å². The monoisotopic (exact) mass is 206 g/mol. The van der Waals surface area contributed by atoms with Crippen molar-refractivity contribution in [3.05, 3.63) is 39.4 Å². The maximum absolute atomic E-state index is 10.5. The summed E-state index contributed by atoms with van der Waals surface area (Å²) in [7, 11) is 0. The third kappa shape index (κ3) is 2.77. The zero-order valence-electron chi connectivity index (χ0n) is 7.51. The summed E-state index contributed by atoms with van der Waals surface area (Å²) >= 11 is 0. The van der Waals surface area contributed by atoms with Crippen molar-refractivity contribution in [1.82, 2.24) is 0 Å². The van der Waals surface area contributed by atoms with Crippen LogP contribution < -0.4 is 0 Å². The quantitative estimate of drug-likeness (QED) is 0.588. The van der Waals surface area contributed by atoms with Crippen LogP contribution >= 0.6 is 0 Å².